The second kappa shape index (κ2) is 7.69. The quantitative estimate of drug-likeness (QED) is 0.476. The fourth-order valence-corrected chi connectivity index (χ4v) is 3.51. The van der Waals surface area contributed by atoms with Crippen molar-refractivity contribution in [3.63, 3.8) is 0 Å². The number of aromatic nitrogens is 5. The van der Waals surface area contributed by atoms with Crippen LogP contribution in [0.2, 0.25) is 0 Å². The lowest BCUT2D eigenvalue weighted by molar-refractivity contribution is 0.303. The Bertz CT molecular complexity index is 1260. The van der Waals surface area contributed by atoms with Crippen LogP contribution in [-0.4, -0.2) is 24.8 Å². The number of nitrogens with zero attached hydrogens (tertiary/aromatic N) is 6. The zero-order valence-electron chi connectivity index (χ0n) is 15.7. The standard InChI is InChI=1S/C20H16N6O2S/c1-13-5-4-6-18(26-20(27)25(3)23-24-26)16(13)11-28-19-22-17(12-29-19)14-7-9-15(21-2)10-8-14/h4-10,12H,11H2,1,3H3. The van der Waals surface area contributed by atoms with E-state index in [0.717, 1.165) is 22.4 Å². The van der Waals surface area contributed by atoms with Gasteiger partial charge in [0.15, 0.2) is 5.69 Å². The van der Waals surface area contributed by atoms with Gasteiger partial charge in [-0.2, -0.15) is 9.36 Å². The summed E-state index contributed by atoms with van der Waals surface area (Å²) in [5.41, 5.74) is 4.43. The summed E-state index contributed by atoms with van der Waals surface area (Å²) in [7, 11) is 1.56. The van der Waals surface area contributed by atoms with E-state index in [1.807, 2.05) is 42.6 Å². The molecule has 0 fully saturated rings. The molecule has 0 bridgehead atoms. The van der Waals surface area contributed by atoms with E-state index < -0.39 is 0 Å². The largest absolute Gasteiger partial charge is 0.465 e. The summed E-state index contributed by atoms with van der Waals surface area (Å²) in [6, 6.07) is 12.9. The van der Waals surface area contributed by atoms with Crippen LogP contribution in [0.1, 0.15) is 11.1 Å². The molecular formula is C20H16N6O2S. The lowest BCUT2D eigenvalue weighted by Gasteiger charge is -2.11. The first kappa shape index (κ1) is 18.6. The average Bonchev–Trinajstić information content (AvgIpc) is 3.34. The smallest absolute Gasteiger partial charge is 0.368 e. The van der Waals surface area contributed by atoms with Crippen molar-refractivity contribution in [2.24, 2.45) is 7.05 Å². The predicted octanol–water partition coefficient (Wildman–Crippen LogP) is 3.53. The van der Waals surface area contributed by atoms with Crippen LogP contribution in [0, 0.1) is 13.5 Å². The highest BCUT2D eigenvalue weighted by Gasteiger charge is 2.14. The van der Waals surface area contributed by atoms with Gasteiger partial charge in [-0.1, -0.05) is 47.7 Å². The molecular weight excluding hydrogens is 388 g/mol. The van der Waals surface area contributed by atoms with Gasteiger partial charge in [-0.05, 0) is 34.5 Å². The van der Waals surface area contributed by atoms with Crippen molar-refractivity contribution in [1.29, 1.82) is 0 Å². The lowest BCUT2D eigenvalue weighted by Crippen LogP contribution is -2.23. The van der Waals surface area contributed by atoms with E-state index >= 15 is 0 Å². The van der Waals surface area contributed by atoms with E-state index in [0.29, 0.717) is 16.6 Å². The van der Waals surface area contributed by atoms with Crippen molar-refractivity contribution in [3.05, 3.63) is 80.9 Å². The minimum Gasteiger partial charge on any atom is -0.465 e. The molecule has 0 atom stereocenters. The van der Waals surface area contributed by atoms with Gasteiger partial charge in [-0.25, -0.2) is 14.6 Å². The molecule has 8 nitrogen and oxygen atoms in total. The van der Waals surface area contributed by atoms with Crippen LogP contribution in [0.25, 0.3) is 21.8 Å². The third kappa shape index (κ3) is 3.66. The Hall–Kier alpha value is -3.77. The molecule has 0 saturated heterocycles. The topological polar surface area (TPSA) is 79.2 Å². The second-order valence-electron chi connectivity index (χ2n) is 6.32. The Labute approximate surface area is 170 Å². The monoisotopic (exact) mass is 404 g/mol. The molecule has 0 radical (unpaired) electrons. The summed E-state index contributed by atoms with van der Waals surface area (Å²) < 4.78 is 8.36. The van der Waals surface area contributed by atoms with Crippen LogP contribution in [0.4, 0.5) is 5.69 Å². The van der Waals surface area contributed by atoms with Crippen molar-refractivity contribution in [1.82, 2.24) is 24.8 Å². The molecule has 144 valence electrons. The fraction of sp³-hybridized carbons (Fsp3) is 0.150. The molecule has 2 aromatic heterocycles. The third-order valence-corrected chi connectivity index (χ3v) is 5.20. The number of aryl methyl sites for hydroxylation is 2. The highest BCUT2D eigenvalue weighted by Crippen LogP contribution is 2.29. The molecule has 4 rings (SSSR count). The maximum Gasteiger partial charge on any atom is 0.368 e. The van der Waals surface area contributed by atoms with E-state index in [1.54, 1.807) is 19.2 Å². The van der Waals surface area contributed by atoms with Crippen molar-refractivity contribution < 1.29 is 4.74 Å². The van der Waals surface area contributed by atoms with Gasteiger partial charge in [-0.15, -0.1) is 0 Å². The first-order valence-electron chi connectivity index (χ1n) is 8.71. The third-order valence-electron chi connectivity index (χ3n) is 4.45. The van der Waals surface area contributed by atoms with Gasteiger partial charge < -0.3 is 4.74 Å². The Balaban J connectivity index is 1.57. The number of hydrogen-bond acceptors (Lipinski definition) is 6. The number of rotatable bonds is 5. The fourth-order valence-electron chi connectivity index (χ4n) is 2.83. The van der Waals surface area contributed by atoms with Gasteiger partial charge in [-0.3, -0.25) is 0 Å². The van der Waals surface area contributed by atoms with Gasteiger partial charge in [0.05, 0.1) is 18.0 Å². The van der Waals surface area contributed by atoms with Crippen LogP contribution in [0.3, 0.4) is 0 Å². The summed E-state index contributed by atoms with van der Waals surface area (Å²) in [6.45, 7) is 9.23. The second-order valence-corrected chi connectivity index (χ2v) is 7.14. The van der Waals surface area contributed by atoms with Crippen LogP contribution in [-0.2, 0) is 13.7 Å². The average molecular weight is 404 g/mol. The van der Waals surface area contributed by atoms with Gasteiger partial charge >= 0.3 is 5.69 Å². The first-order chi connectivity index (χ1) is 14.1. The Morgan fingerprint density at radius 3 is 2.66 bits per heavy atom. The number of ether oxygens (including phenoxy) is 1. The molecule has 4 aromatic rings. The molecule has 0 N–H and O–H groups in total. The molecule has 0 amide bonds. The lowest BCUT2D eigenvalue weighted by atomic mass is 10.1. The Kier molecular flexibility index (Phi) is 4.93. The molecule has 0 unspecified atom stereocenters. The molecule has 0 saturated carbocycles. The molecule has 2 heterocycles. The number of hydrogen-bond donors (Lipinski definition) is 0. The van der Waals surface area contributed by atoms with Gasteiger partial charge in [0.1, 0.15) is 6.61 Å². The summed E-state index contributed by atoms with van der Waals surface area (Å²) in [6.07, 6.45) is 0. The number of benzene rings is 2. The summed E-state index contributed by atoms with van der Waals surface area (Å²) in [5.74, 6) is 0. The van der Waals surface area contributed by atoms with Crippen molar-refractivity contribution in [3.8, 4) is 22.1 Å². The normalized spacial score (nSPS) is 10.7. The van der Waals surface area contributed by atoms with Crippen molar-refractivity contribution in [2.45, 2.75) is 13.5 Å². The molecule has 2 aromatic carbocycles. The van der Waals surface area contributed by atoms with Crippen LogP contribution >= 0.6 is 11.3 Å². The molecule has 29 heavy (non-hydrogen) atoms. The van der Waals surface area contributed by atoms with E-state index in [-0.39, 0.29) is 12.3 Å². The molecule has 0 aliphatic rings. The zero-order chi connectivity index (χ0) is 20.4. The molecule has 0 aliphatic carbocycles. The van der Waals surface area contributed by atoms with Crippen LogP contribution in [0.15, 0.2) is 52.6 Å². The van der Waals surface area contributed by atoms with Gasteiger partial charge in [0.25, 0.3) is 5.19 Å². The predicted molar refractivity (Wildman–Crippen MR) is 109 cm³/mol. The minimum atomic E-state index is -0.323. The maximum atomic E-state index is 12.2. The van der Waals surface area contributed by atoms with E-state index in [9.17, 15) is 4.79 Å². The van der Waals surface area contributed by atoms with E-state index in [1.165, 1.54) is 20.7 Å². The SMILES string of the molecule is [C-]#[N+]c1ccc(-c2csc(OCc3c(C)cccc3-n3nnn(C)c3=O)n2)cc1. The van der Waals surface area contributed by atoms with E-state index in [4.69, 9.17) is 11.3 Å². The van der Waals surface area contributed by atoms with E-state index in [2.05, 4.69) is 20.3 Å². The highest BCUT2D eigenvalue weighted by atomic mass is 32.1. The van der Waals surface area contributed by atoms with Crippen molar-refractivity contribution >= 4 is 17.0 Å². The maximum absolute atomic E-state index is 12.2. The van der Waals surface area contributed by atoms with Gasteiger partial charge in [0, 0.05) is 18.0 Å². The summed E-state index contributed by atoms with van der Waals surface area (Å²) >= 11 is 1.39. The number of thiazole rings is 1. The van der Waals surface area contributed by atoms with Crippen LogP contribution < -0.4 is 10.4 Å². The molecule has 9 heteroatoms. The van der Waals surface area contributed by atoms with Crippen LogP contribution in [0.5, 0.6) is 5.19 Å². The highest BCUT2D eigenvalue weighted by molar-refractivity contribution is 7.11. The van der Waals surface area contributed by atoms with Crippen molar-refractivity contribution in [2.75, 3.05) is 0 Å². The Morgan fingerprint density at radius 2 is 1.97 bits per heavy atom. The zero-order valence-corrected chi connectivity index (χ0v) is 16.6. The summed E-state index contributed by atoms with van der Waals surface area (Å²) in [5, 5.41) is 10.1. The molecule has 0 aliphatic heterocycles. The summed E-state index contributed by atoms with van der Waals surface area (Å²) in [4.78, 5) is 20.2. The van der Waals surface area contributed by atoms with Gasteiger partial charge in [0.2, 0.25) is 0 Å². The minimum absolute atomic E-state index is 0.245. The first-order valence-corrected chi connectivity index (χ1v) is 9.59. The molecule has 0 spiro atoms. The number of tetrazole rings is 1. The Morgan fingerprint density at radius 1 is 1.17 bits per heavy atom.